The first-order valence-corrected chi connectivity index (χ1v) is 5.60. The number of halogens is 4. The van der Waals surface area contributed by atoms with E-state index in [2.05, 4.69) is 0 Å². The third-order valence-corrected chi connectivity index (χ3v) is 2.80. The maximum absolute atomic E-state index is 13.6. The van der Waals surface area contributed by atoms with E-state index in [9.17, 15) is 22.7 Å². The van der Waals surface area contributed by atoms with E-state index in [-0.39, 0.29) is 11.3 Å². The standard InChI is InChI=1S/C14H10F4O2/c1-20-12-3-2-7(15)4-9(12)14(19)13-10(17)5-8(16)6-11(13)18/h2-6,14,19H,1H3. The summed E-state index contributed by atoms with van der Waals surface area (Å²) in [7, 11) is 1.26. The van der Waals surface area contributed by atoms with Crippen LogP contribution < -0.4 is 4.74 Å². The Morgan fingerprint density at radius 1 is 0.950 bits per heavy atom. The number of ether oxygens (including phenoxy) is 1. The van der Waals surface area contributed by atoms with Gasteiger partial charge in [0.05, 0.1) is 12.7 Å². The van der Waals surface area contributed by atoms with Crippen LogP contribution in [0.15, 0.2) is 30.3 Å². The lowest BCUT2D eigenvalue weighted by molar-refractivity contribution is 0.203. The Morgan fingerprint density at radius 2 is 1.55 bits per heavy atom. The lowest BCUT2D eigenvalue weighted by Gasteiger charge is -2.16. The number of aliphatic hydroxyl groups is 1. The van der Waals surface area contributed by atoms with Gasteiger partial charge in [0.2, 0.25) is 0 Å². The van der Waals surface area contributed by atoms with Gasteiger partial charge >= 0.3 is 0 Å². The van der Waals surface area contributed by atoms with Crippen molar-refractivity contribution in [1.29, 1.82) is 0 Å². The van der Waals surface area contributed by atoms with Crippen molar-refractivity contribution in [3.63, 3.8) is 0 Å². The Labute approximate surface area is 112 Å². The molecule has 0 fully saturated rings. The van der Waals surface area contributed by atoms with Gasteiger partial charge in [0.1, 0.15) is 35.1 Å². The number of benzene rings is 2. The molecule has 106 valence electrons. The summed E-state index contributed by atoms with van der Waals surface area (Å²) in [4.78, 5) is 0. The van der Waals surface area contributed by atoms with Crippen molar-refractivity contribution >= 4 is 0 Å². The quantitative estimate of drug-likeness (QED) is 0.877. The minimum Gasteiger partial charge on any atom is -0.496 e. The average Bonchev–Trinajstić information content (AvgIpc) is 2.37. The number of rotatable bonds is 3. The SMILES string of the molecule is COc1ccc(F)cc1C(O)c1c(F)cc(F)cc1F. The van der Waals surface area contributed by atoms with Crippen molar-refractivity contribution < 1.29 is 27.4 Å². The van der Waals surface area contributed by atoms with Crippen molar-refractivity contribution in [2.75, 3.05) is 7.11 Å². The molecule has 0 spiro atoms. The molecule has 0 amide bonds. The first-order chi connectivity index (χ1) is 9.43. The highest BCUT2D eigenvalue weighted by atomic mass is 19.1. The molecule has 0 aromatic heterocycles. The monoisotopic (exact) mass is 286 g/mol. The molecule has 2 aromatic carbocycles. The van der Waals surface area contributed by atoms with Crippen LogP contribution in [0, 0.1) is 23.3 Å². The van der Waals surface area contributed by atoms with Crippen molar-refractivity contribution in [1.82, 2.24) is 0 Å². The zero-order valence-electron chi connectivity index (χ0n) is 10.3. The zero-order valence-corrected chi connectivity index (χ0v) is 10.3. The molecular weight excluding hydrogens is 276 g/mol. The van der Waals surface area contributed by atoms with Gasteiger partial charge in [-0.1, -0.05) is 0 Å². The number of hydrogen-bond donors (Lipinski definition) is 1. The molecule has 1 unspecified atom stereocenters. The second-order valence-corrected chi connectivity index (χ2v) is 4.07. The first-order valence-electron chi connectivity index (χ1n) is 5.60. The Kier molecular flexibility index (Phi) is 3.94. The van der Waals surface area contributed by atoms with Crippen LogP contribution in [0.2, 0.25) is 0 Å². The number of aliphatic hydroxyl groups excluding tert-OH is 1. The summed E-state index contributed by atoms with van der Waals surface area (Å²) < 4.78 is 58.2. The molecule has 1 atom stereocenters. The predicted octanol–water partition coefficient (Wildman–Crippen LogP) is 3.33. The third-order valence-electron chi connectivity index (χ3n) is 2.80. The topological polar surface area (TPSA) is 29.5 Å². The summed E-state index contributed by atoms with van der Waals surface area (Å²) in [5.41, 5.74) is -0.924. The summed E-state index contributed by atoms with van der Waals surface area (Å²) in [6.07, 6.45) is -1.82. The molecular formula is C14H10F4O2. The van der Waals surface area contributed by atoms with Gasteiger partial charge in [-0.2, -0.15) is 0 Å². The lowest BCUT2D eigenvalue weighted by atomic mass is 9.99. The summed E-state index contributed by atoms with van der Waals surface area (Å²) in [6, 6.07) is 4.06. The number of hydrogen-bond acceptors (Lipinski definition) is 2. The zero-order chi connectivity index (χ0) is 14.9. The number of methoxy groups -OCH3 is 1. The molecule has 0 aliphatic carbocycles. The second kappa shape index (κ2) is 5.50. The van der Waals surface area contributed by atoms with Gasteiger partial charge in [-0.25, -0.2) is 17.6 Å². The van der Waals surface area contributed by atoms with Gasteiger partial charge in [0.15, 0.2) is 0 Å². The molecule has 0 saturated carbocycles. The van der Waals surface area contributed by atoms with E-state index in [0.717, 1.165) is 12.1 Å². The molecule has 0 saturated heterocycles. The van der Waals surface area contributed by atoms with Crippen LogP contribution >= 0.6 is 0 Å². The molecule has 0 aliphatic heterocycles. The maximum atomic E-state index is 13.6. The van der Waals surface area contributed by atoms with Crippen LogP contribution in [0.1, 0.15) is 17.2 Å². The van der Waals surface area contributed by atoms with Crippen LogP contribution in [0.25, 0.3) is 0 Å². The highest BCUT2D eigenvalue weighted by molar-refractivity contribution is 5.41. The lowest BCUT2D eigenvalue weighted by Crippen LogP contribution is -2.08. The van der Waals surface area contributed by atoms with Crippen molar-refractivity contribution in [3.05, 3.63) is 64.7 Å². The fourth-order valence-electron chi connectivity index (χ4n) is 1.89. The summed E-state index contributed by atoms with van der Waals surface area (Å²) >= 11 is 0. The Hall–Kier alpha value is -2.08. The third kappa shape index (κ3) is 2.60. The smallest absolute Gasteiger partial charge is 0.135 e. The molecule has 0 bridgehead atoms. The van der Waals surface area contributed by atoms with Crippen LogP contribution in [-0.2, 0) is 0 Å². The Balaban J connectivity index is 2.57. The highest BCUT2D eigenvalue weighted by Crippen LogP contribution is 2.33. The molecule has 2 rings (SSSR count). The van der Waals surface area contributed by atoms with E-state index in [1.165, 1.54) is 13.2 Å². The van der Waals surface area contributed by atoms with E-state index in [4.69, 9.17) is 4.74 Å². The Morgan fingerprint density at radius 3 is 2.10 bits per heavy atom. The van der Waals surface area contributed by atoms with Crippen molar-refractivity contribution in [3.8, 4) is 5.75 Å². The second-order valence-electron chi connectivity index (χ2n) is 4.07. The van der Waals surface area contributed by atoms with Crippen LogP contribution in [0.5, 0.6) is 5.75 Å². The van der Waals surface area contributed by atoms with Gasteiger partial charge in [-0.15, -0.1) is 0 Å². The van der Waals surface area contributed by atoms with Crippen molar-refractivity contribution in [2.45, 2.75) is 6.10 Å². The van der Waals surface area contributed by atoms with Gasteiger partial charge in [0, 0.05) is 17.7 Å². The Bertz CT molecular complexity index is 620. The fraction of sp³-hybridized carbons (Fsp3) is 0.143. The fourth-order valence-corrected chi connectivity index (χ4v) is 1.89. The first kappa shape index (κ1) is 14.3. The average molecular weight is 286 g/mol. The van der Waals surface area contributed by atoms with E-state index < -0.39 is 34.9 Å². The molecule has 1 N–H and O–H groups in total. The molecule has 0 heterocycles. The molecule has 6 heteroatoms. The minimum atomic E-state index is -1.82. The molecule has 0 radical (unpaired) electrons. The van der Waals surface area contributed by atoms with E-state index in [1.807, 2.05) is 0 Å². The van der Waals surface area contributed by atoms with Crippen LogP contribution in [0.4, 0.5) is 17.6 Å². The van der Waals surface area contributed by atoms with Crippen molar-refractivity contribution in [2.24, 2.45) is 0 Å². The molecule has 2 aromatic rings. The van der Waals surface area contributed by atoms with E-state index in [0.29, 0.717) is 12.1 Å². The summed E-state index contributed by atoms with van der Waals surface area (Å²) in [5, 5.41) is 10.0. The molecule has 20 heavy (non-hydrogen) atoms. The normalized spacial score (nSPS) is 12.3. The largest absolute Gasteiger partial charge is 0.496 e. The molecule has 0 aliphatic rings. The maximum Gasteiger partial charge on any atom is 0.135 e. The van der Waals surface area contributed by atoms with Crippen LogP contribution in [-0.4, -0.2) is 12.2 Å². The molecule has 2 nitrogen and oxygen atoms in total. The predicted molar refractivity (Wildman–Crippen MR) is 63.3 cm³/mol. The van der Waals surface area contributed by atoms with Gasteiger partial charge in [-0.3, -0.25) is 0 Å². The summed E-state index contributed by atoms with van der Waals surface area (Å²) in [6.45, 7) is 0. The van der Waals surface area contributed by atoms with E-state index in [1.54, 1.807) is 0 Å². The minimum absolute atomic E-state index is 0.0574. The summed E-state index contributed by atoms with van der Waals surface area (Å²) in [5.74, 6) is -4.28. The van der Waals surface area contributed by atoms with Gasteiger partial charge in [-0.05, 0) is 18.2 Å². The van der Waals surface area contributed by atoms with E-state index >= 15 is 0 Å². The van der Waals surface area contributed by atoms with Gasteiger partial charge in [0.25, 0.3) is 0 Å². The highest BCUT2D eigenvalue weighted by Gasteiger charge is 2.24. The van der Waals surface area contributed by atoms with Gasteiger partial charge < -0.3 is 9.84 Å². The van der Waals surface area contributed by atoms with Crippen LogP contribution in [0.3, 0.4) is 0 Å².